The van der Waals surface area contributed by atoms with Crippen molar-refractivity contribution < 1.29 is 4.74 Å². The molecule has 0 bridgehead atoms. The van der Waals surface area contributed by atoms with Crippen molar-refractivity contribution in [3.8, 4) is 0 Å². The molecular weight excluding hydrogens is 326 g/mol. The number of nitrogens with two attached hydrogens (primary N) is 1. The first-order valence-electron chi connectivity index (χ1n) is 9.85. The third-order valence-corrected chi connectivity index (χ3v) is 4.78. The molecule has 1 fully saturated rings. The lowest BCUT2D eigenvalue weighted by molar-refractivity contribution is 0.0376. The van der Waals surface area contributed by atoms with E-state index in [4.69, 9.17) is 10.5 Å². The summed E-state index contributed by atoms with van der Waals surface area (Å²) in [7, 11) is 0. The highest BCUT2D eigenvalue weighted by atomic mass is 16.5. The molecule has 1 aromatic carbocycles. The van der Waals surface area contributed by atoms with E-state index >= 15 is 0 Å². The average molecular weight is 362 g/mol. The van der Waals surface area contributed by atoms with Gasteiger partial charge in [-0.2, -0.15) is 0 Å². The van der Waals surface area contributed by atoms with Crippen LogP contribution < -0.4 is 11.1 Å². The Morgan fingerprint density at radius 2 is 1.96 bits per heavy atom. The number of hydrogen-bond acceptors (Lipinski definition) is 4. The maximum atomic E-state index is 6.00. The highest BCUT2D eigenvalue weighted by molar-refractivity contribution is 5.77. The molecule has 0 aromatic heterocycles. The van der Waals surface area contributed by atoms with E-state index in [1.165, 1.54) is 11.1 Å². The van der Waals surface area contributed by atoms with Gasteiger partial charge in [-0.15, -0.1) is 0 Å². The monoisotopic (exact) mass is 361 g/mol. The molecule has 0 saturated carbocycles. The van der Waals surface area contributed by atoms with Crippen molar-refractivity contribution in [2.45, 2.75) is 33.4 Å². The molecule has 0 radical (unpaired) electrons. The first kappa shape index (κ1) is 20.7. The van der Waals surface area contributed by atoms with Crippen LogP contribution in [0.25, 0.3) is 0 Å². The van der Waals surface area contributed by atoms with Crippen molar-refractivity contribution in [3.63, 3.8) is 0 Å². The Kier molecular flexibility index (Phi) is 9.45. The zero-order valence-electron chi connectivity index (χ0n) is 16.4. The zero-order valence-corrected chi connectivity index (χ0v) is 16.4. The third-order valence-electron chi connectivity index (χ3n) is 4.78. The fourth-order valence-electron chi connectivity index (χ4n) is 3.11. The number of guanidine groups is 1. The molecule has 1 aliphatic heterocycles. The van der Waals surface area contributed by atoms with Crippen LogP contribution in [-0.4, -0.2) is 68.2 Å². The van der Waals surface area contributed by atoms with Crippen LogP contribution in [0.2, 0.25) is 0 Å². The zero-order chi connectivity index (χ0) is 18.6. The molecule has 26 heavy (non-hydrogen) atoms. The Balaban J connectivity index is 1.70. The van der Waals surface area contributed by atoms with E-state index in [0.29, 0.717) is 12.5 Å². The Bertz CT molecular complexity index is 539. The van der Waals surface area contributed by atoms with Gasteiger partial charge in [-0.05, 0) is 37.2 Å². The van der Waals surface area contributed by atoms with Crippen LogP contribution in [0, 0.1) is 0 Å². The Morgan fingerprint density at radius 3 is 2.69 bits per heavy atom. The molecule has 6 nitrogen and oxygen atoms in total. The van der Waals surface area contributed by atoms with Crippen LogP contribution in [0.15, 0.2) is 29.3 Å². The van der Waals surface area contributed by atoms with Gasteiger partial charge in [0.2, 0.25) is 0 Å². The number of nitrogens with one attached hydrogen (secondary N) is 1. The number of aliphatic imine (C=N–C) groups is 1. The Labute approximate surface area is 158 Å². The lowest BCUT2D eigenvalue weighted by atomic mass is 10.1. The van der Waals surface area contributed by atoms with E-state index in [1.807, 2.05) is 0 Å². The van der Waals surface area contributed by atoms with Gasteiger partial charge in [0.25, 0.3) is 0 Å². The van der Waals surface area contributed by atoms with E-state index in [1.54, 1.807) is 0 Å². The van der Waals surface area contributed by atoms with Gasteiger partial charge in [0.1, 0.15) is 0 Å². The summed E-state index contributed by atoms with van der Waals surface area (Å²) in [5, 5.41) is 3.22. The van der Waals surface area contributed by atoms with Crippen molar-refractivity contribution in [2.24, 2.45) is 10.7 Å². The quantitative estimate of drug-likeness (QED) is 0.377. The second-order valence-electron chi connectivity index (χ2n) is 6.72. The van der Waals surface area contributed by atoms with Gasteiger partial charge in [-0.25, -0.2) is 4.99 Å². The summed E-state index contributed by atoms with van der Waals surface area (Å²) >= 11 is 0. The Hall–Kier alpha value is -1.63. The summed E-state index contributed by atoms with van der Waals surface area (Å²) in [6, 6.07) is 8.63. The SMILES string of the molecule is CCN(CC)Cc1cccc(CN=C(N)NCCCN2CCOCC2)c1. The van der Waals surface area contributed by atoms with Crippen LogP contribution in [0.5, 0.6) is 0 Å². The summed E-state index contributed by atoms with van der Waals surface area (Å²) < 4.78 is 5.36. The van der Waals surface area contributed by atoms with Crippen molar-refractivity contribution in [1.29, 1.82) is 0 Å². The molecule has 2 rings (SSSR count). The normalized spacial score (nSPS) is 16.2. The number of morpholine rings is 1. The molecule has 1 saturated heterocycles. The van der Waals surface area contributed by atoms with Gasteiger partial charge in [0.15, 0.2) is 5.96 Å². The molecule has 0 atom stereocenters. The first-order chi connectivity index (χ1) is 12.7. The summed E-state index contributed by atoms with van der Waals surface area (Å²) in [6.07, 6.45) is 1.07. The van der Waals surface area contributed by atoms with Gasteiger partial charge in [0, 0.05) is 26.2 Å². The molecule has 1 aliphatic rings. The number of nitrogens with zero attached hydrogens (tertiary/aromatic N) is 3. The molecule has 1 heterocycles. The third kappa shape index (κ3) is 7.72. The molecule has 146 valence electrons. The van der Waals surface area contributed by atoms with E-state index < -0.39 is 0 Å². The summed E-state index contributed by atoms with van der Waals surface area (Å²) in [5.74, 6) is 0.529. The maximum absolute atomic E-state index is 6.00. The summed E-state index contributed by atoms with van der Waals surface area (Å²) in [6.45, 7) is 13.8. The van der Waals surface area contributed by atoms with E-state index in [0.717, 1.165) is 65.4 Å². The van der Waals surface area contributed by atoms with Crippen LogP contribution in [0.4, 0.5) is 0 Å². The minimum Gasteiger partial charge on any atom is -0.379 e. The summed E-state index contributed by atoms with van der Waals surface area (Å²) in [5.41, 5.74) is 8.53. The molecular formula is C20H35N5O. The van der Waals surface area contributed by atoms with Gasteiger partial charge < -0.3 is 15.8 Å². The van der Waals surface area contributed by atoms with Crippen molar-refractivity contribution in [2.75, 3.05) is 52.5 Å². The number of hydrogen-bond donors (Lipinski definition) is 2. The maximum Gasteiger partial charge on any atom is 0.188 e. The molecule has 0 amide bonds. The van der Waals surface area contributed by atoms with E-state index in [9.17, 15) is 0 Å². The number of rotatable bonds is 10. The second-order valence-corrected chi connectivity index (χ2v) is 6.72. The standard InChI is InChI=1S/C20H35N5O/c1-3-24(4-2)17-19-8-5-7-18(15-19)16-23-20(21)22-9-6-10-25-11-13-26-14-12-25/h5,7-8,15H,3-4,6,9-14,16-17H2,1-2H3,(H3,21,22,23). The molecule has 6 heteroatoms. The topological polar surface area (TPSA) is 66.1 Å². The largest absolute Gasteiger partial charge is 0.379 e. The van der Waals surface area contributed by atoms with Gasteiger partial charge in [0.05, 0.1) is 19.8 Å². The van der Waals surface area contributed by atoms with Crippen LogP contribution >= 0.6 is 0 Å². The van der Waals surface area contributed by atoms with Crippen molar-refractivity contribution in [1.82, 2.24) is 15.1 Å². The van der Waals surface area contributed by atoms with E-state index in [2.05, 4.69) is 58.2 Å². The Morgan fingerprint density at radius 1 is 1.23 bits per heavy atom. The average Bonchev–Trinajstić information content (AvgIpc) is 2.69. The van der Waals surface area contributed by atoms with Crippen LogP contribution in [0.3, 0.4) is 0 Å². The van der Waals surface area contributed by atoms with E-state index in [-0.39, 0.29) is 0 Å². The predicted molar refractivity (Wildman–Crippen MR) is 108 cm³/mol. The number of benzene rings is 1. The fourth-order valence-corrected chi connectivity index (χ4v) is 3.11. The van der Waals surface area contributed by atoms with Crippen LogP contribution in [0.1, 0.15) is 31.4 Å². The molecule has 0 aliphatic carbocycles. The van der Waals surface area contributed by atoms with Crippen LogP contribution in [-0.2, 0) is 17.8 Å². The molecule has 1 aromatic rings. The highest BCUT2D eigenvalue weighted by Crippen LogP contribution is 2.09. The molecule has 0 unspecified atom stereocenters. The van der Waals surface area contributed by atoms with Crippen molar-refractivity contribution >= 4 is 5.96 Å². The fraction of sp³-hybridized carbons (Fsp3) is 0.650. The smallest absolute Gasteiger partial charge is 0.188 e. The van der Waals surface area contributed by atoms with Gasteiger partial charge in [-0.1, -0.05) is 38.1 Å². The predicted octanol–water partition coefficient (Wildman–Crippen LogP) is 1.66. The first-order valence-corrected chi connectivity index (χ1v) is 9.85. The molecule has 3 N–H and O–H groups in total. The minimum atomic E-state index is 0.529. The lowest BCUT2D eigenvalue weighted by Crippen LogP contribution is -2.39. The number of ether oxygens (including phenoxy) is 1. The second kappa shape index (κ2) is 11.9. The van der Waals surface area contributed by atoms with Gasteiger partial charge in [-0.3, -0.25) is 9.80 Å². The van der Waals surface area contributed by atoms with Crippen molar-refractivity contribution in [3.05, 3.63) is 35.4 Å². The summed E-state index contributed by atoms with van der Waals surface area (Å²) in [4.78, 5) is 9.32. The minimum absolute atomic E-state index is 0.529. The highest BCUT2D eigenvalue weighted by Gasteiger charge is 2.09. The lowest BCUT2D eigenvalue weighted by Gasteiger charge is -2.26. The van der Waals surface area contributed by atoms with Gasteiger partial charge >= 0.3 is 0 Å². The molecule has 0 spiro atoms.